The van der Waals surface area contributed by atoms with Crippen molar-refractivity contribution >= 4 is 5.91 Å². The van der Waals surface area contributed by atoms with Gasteiger partial charge in [0.15, 0.2) is 11.6 Å². The molecule has 1 aliphatic heterocycles. The molecule has 1 aliphatic rings. The molecule has 0 saturated carbocycles. The fourth-order valence-corrected chi connectivity index (χ4v) is 2.28. The zero-order valence-corrected chi connectivity index (χ0v) is 10.8. The zero-order chi connectivity index (χ0) is 13.2. The number of aromatic amines is 1. The van der Waals surface area contributed by atoms with Gasteiger partial charge in [0.25, 0.3) is 5.91 Å². The van der Waals surface area contributed by atoms with Gasteiger partial charge in [-0.2, -0.15) is 0 Å². The Bertz CT molecular complexity index is 599. The second kappa shape index (κ2) is 4.83. The normalized spacial score (nSPS) is 14.9. The predicted octanol–water partition coefficient (Wildman–Crippen LogP) is 0.754. The molecule has 0 fully saturated rings. The summed E-state index contributed by atoms with van der Waals surface area (Å²) in [4.78, 5) is 19.5. The lowest BCUT2D eigenvalue weighted by Crippen LogP contribution is -2.23. The summed E-state index contributed by atoms with van der Waals surface area (Å²) in [5.41, 5.74) is 1.37. The number of rotatable bonds is 3. The first kappa shape index (κ1) is 11.9. The molecule has 0 radical (unpaired) electrons. The number of hydrogen-bond acceptors (Lipinski definition) is 4. The highest BCUT2D eigenvalue weighted by Gasteiger charge is 2.22. The molecular formula is C12H16N6O. The summed E-state index contributed by atoms with van der Waals surface area (Å²) in [6, 6.07) is 0. The van der Waals surface area contributed by atoms with Crippen molar-refractivity contribution in [2.75, 3.05) is 6.54 Å². The summed E-state index contributed by atoms with van der Waals surface area (Å²) in [5.74, 6) is 1.19. The molecule has 2 aromatic rings. The van der Waals surface area contributed by atoms with Crippen LogP contribution in [0.5, 0.6) is 0 Å². The molecular weight excluding hydrogens is 244 g/mol. The molecule has 0 aliphatic carbocycles. The third-order valence-corrected chi connectivity index (χ3v) is 3.17. The maximum absolute atomic E-state index is 11.9. The summed E-state index contributed by atoms with van der Waals surface area (Å²) in [6.45, 7) is 3.62. The van der Waals surface area contributed by atoms with Crippen molar-refractivity contribution in [1.29, 1.82) is 0 Å². The monoisotopic (exact) mass is 260 g/mol. The minimum atomic E-state index is -0.114. The van der Waals surface area contributed by atoms with Crippen molar-refractivity contribution in [2.24, 2.45) is 0 Å². The van der Waals surface area contributed by atoms with Gasteiger partial charge in [0.2, 0.25) is 0 Å². The molecule has 0 unspecified atom stereocenters. The Morgan fingerprint density at radius 1 is 1.47 bits per heavy atom. The first-order chi connectivity index (χ1) is 9.29. The van der Waals surface area contributed by atoms with Gasteiger partial charge in [-0.05, 0) is 19.3 Å². The second-order valence-electron chi connectivity index (χ2n) is 4.62. The molecule has 0 saturated heterocycles. The minimum absolute atomic E-state index is 0.114. The molecule has 7 heteroatoms. The molecule has 2 N–H and O–H groups in total. The van der Waals surface area contributed by atoms with E-state index in [4.69, 9.17) is 0 Å². The van der Waals surface area contributed by atoms with Gasteiger partial charge in [0, 0.05) is 18.8 Å². The van der Waals surface area contributed by atoms with E-state index in [0.29, 0.717) is 23.9 Å². The average molecular weight is 260 g/mol. The molecule has 0 bridgehead atoms. The van der Waals surface area contributed by atoms with Crippen molar-refractivity contribution in [3.05, 3.63) is 17.7 Å². The van der Waals surface area contributed by atoms with Crippen LogP contribution in [-0.2, 0) is 13.0 Å². The van der Waals surface area contributed by atoms with Crippen LogP contribution in [0.2, 0.25) is 0 Å². The van der Waals surface area contributed by atoms with Crippen LogP contribution in [0.3, 0.4) is 0 Å². The van der Waals surface area contributed by atoms with Crippen LogP contribution in [0.15, 0.2) is 6.33 Å². The van der Waals surface area contributed by atoms with Crippen LogP contribution in [-0.4, -0.2) is 37.2 Å². The van der Waals surface area contributed by atoms with Crippen LogP contribution in [0.1, 0.15) is 35.9 Å². The number of amides is 1. The Kier molecular flexibility index (Phi) is 3.02. The lowest BCUT2D eigenvalue weighted by molar-refractivity contribution is 0.0951. The summed E-state index contributed by atoms with van der Waals surface area (Å²) >= 11 is 0. The fraction of sp³-hybridized carbons (Fsp3) is 0.500. The van der Waals surface area contributed by atoms with Crippen LogP contribution in [0.25, 0.3) is 11.6 Å². The molecule has 1 amide bonds. The van der Waals surface area contributed by atoms with Gasteiger partial charge in [0.05, 0.1) is 0 Å². The van der Waals surface area contributed by atoms with Crippen molar-refractivity contribution in [3.63, 3.8) is 0 Å². The van der Waals surface area contributed by atoms with E-state index in [1.807, 2.05) is 4.57 Å². The van der Waals surface area contributed by atoms with E-state index in [1.165, 1.54) is 0 Å². The smallest absolute Gasteiger partial charge is 0.271 e. The topological polar surface area (TPSA) is 88.5 Å². The number of fused-ring (bicyclic) bond motifs is 1. The quantitative estimate of drug-likeness (QED) is 0.852. The number of nitrogens with one attached hydrogen (secondary N) is 2. The van der Waals surface area contributed by atoms with Crippen molar-refractivity contribution in [2.45, 2.75) is 32.7 Å². The van der Waals surface area contributed by atoms with E-state index in [1.54, 1.807) is 6.33 Å². The van der Waals surface area contributed by atoms with Crippen molar-refractivity contribution in [3.8, 4) is 11.6 Å². The van der Waals surface area contributed by atoms with E-state index >= 15 is 0 Å². The van der Waals surface area contributed by atoms with E-state index in [9.17, 15) is 4.79 Å². The fourth-order valence-electron chi connectivity index (χ4n) is 2.28. The maximum Gasteiger partial charge on any atom is 0.271 e. The van der Waals surface area contributed by atoms with E-state index < -0.39 is 0 Å². The molecule has 3 heterocycles. The highest BCUT2D eigenvalue weighted by molar-refractivity contribution is 5.94. The molecule has 0 spiro atoms. The predicted molar refractivity (Wildman–Crippen MR) is 68.5 cm³/mol. The van der Waals surface area contributed by atoms with Gasteiger partial charge >= 0.3 is 0 Å². The van der Waals surface area contributed by atoms with Crippen LogP contribution in [0.4, 0.5) is 0 Å². The Hall–Kier alpha value is -2.18. The highest BCUT2D eigenvalue weighted by atomic mass is 16.1. The minimum Gasteiger partial charge on any atom is -0.351 e. The molecule has 100 valence electrons. The van der Waals surface area contributed by atoms with Crippen LogP contribution < -0.4 is 5.32 Å². The Morgan fingerprint density at radius 3 is 3.21 bits per heavy atom. The second-order valence-corrected chi connectivity index (χ2v) is 4.62. The van der Waals surface area contributed by atoms with Gasteiger partial charge in [-0.25, -0.2) is 4.98 Å². The van der Waals surface area contributed by atoms with Gasteiger partial charge in [-0.3, -0.25) is 4.79 Å². The third-order valence-electron chi connectivity index (χ3n) is 3.17. The summed E-state index contributed by atoms with van der Waals surface area (Å²) < 4.78 is 1.94. The highest BCUT2D eigenvalue weighted by Crippen LogP contribution is 2.19. The Morgan fingerprint density at radius 2 is 2.37 bits per heavy atom. The molecule has 0 atom stereocenters. The third kappa shape index (κ3) is 2.11. The van der Waals surface area contributed by atoms with E-state index in [2.05, 4.69) is 32.4 Å². The first-order valence-electron chi connectivity index (χ1n) is 6.55. The summed E-state index contributed by atoms with van der Waals surface area (Å²) in [7, 11) is 0. The zero-order valence-electron chi connectivity index (χ0n) is 10.8. The Balaban J connectivity index is 2.00. The number of carbonyl (C=O) groups excluding carboxylic acids is 1. The summed E-state index contributed by atoms with van der Waals surface area (Å²) in [5, 5.41) is 10.8. The molecule has 19 heavy (non-hydrogen) atoms. The molecule has 2 aromatic heterocycles. The van der Waals surface area contributed by atoms with Crippen molar-refractivity contribution < 1.29 is 4.79 Å². The first-order valence-corrected chi connectivity index (χ1v) is 6.55. The lowest BCUT2D eigenvalue weighted by Gasteiger charge is -2.01. The number of aromatic nitrogens is 5. The van der Waals surface area contributed by atoms with Gasteiger partial charge in [-0.15, -0.1) is 10.2 Å². The maximum atomic E-state index is 11.9. The number of carbonyl (C=O) groups is 1. The number of imidazole rings is 1. The standard InChI is InChI=1S/C12H16N6O/c1-2-6-18-7-14-17-11(18)10-15-8-4-3-5-13-12(19)9(8)16-10/h7H,2-6H2,1H3,(H,13,19)(H,15,16). The average Bonchev–Trinajstić information content (AvgIpc) is 2.98. The van der Waals surface area contributed by atoms with Crippen LogP contribution in [0, 0.1) is 0 Å². The van der Waals surface area contributed by atoms with Crippen LogP contribution >= 0.6 is 0 Å². The van der Waals surface area contributed by atoms with Gasteiger partial charge in [0.1, 0.15) is 12.0 Å². The number of hydrogen-bond donors (Lipinski definition) is 2. The lowest BCUT2D eigenvalue weighted by atomic mass is 10.2. The van der Waals surface area contributed by atoms with Gasteiger partial charge < -0.3 is 14.9 Å². The Labute approximate surface area is 110 Å². The number of H-pyrrole nitrogens is 1. The van der Waals surface area contributed by atoms with Gasteiger partial charge in [-0.1, -0.05) is 6.92 Å². The van der Waals surface area contributed by atoms with Crippen molar-refractivity contribution in [1.82, 2.24) is 30.0 Å². The van der Waals surface area contributed by atoms with E-state index in [0.717, 1.165) is 31.5 Å². The summed E-state index contributed by atoms with van der Waals surface area (Å²) in [6.07, 6.45) is 4.42. The SMILES string of the molecule is CCCn1cnnc1-c1nc2c([nH]1)CCCNC2=O. The molecule has 7 nitrogen and oxygen atoms in total. The number of aryl methyl sites for hydroxylation is 2. The number of nitrogens with zero attached hydrogens (tertiary/aromatic N) is 4. The largest absolute Gasteiger partial charge is 0.351 e. The molecule has 3 rings (SSSR count). The van der Waals surface area contributed by atoms with E-state index in [-0.39, 0.29) is 5.91 Å². The molecule has 0 aromatic carbocycles.